The second kappa shape index (κ2) is 3.52. The first kappa shape index (κ1) is 9.73. The Morgan fingerprint density at radius 2 is 2.25 bits per heavy atom. The Balaban J connectivity index is 2.26. The van der Waals surface area contributed by atoms with Crippen molar-refractivity contribution in [1.82, 2.24) is 4.57 Å². The molecule has 3 rings (SSSR count). The highest BCUT2D eigenvalue weighted by Crippen LogP contribution is 2.31. The second-order valence-corrected chi connectivity index (χ2v) is 4.39. The minimum atomic E-state index is 0.119. The van der Waals surface area contributed by atoms with Gasteiger partial charge in [-0.15, -0.1) is 0 Å². The molecule has 2 aromatic rings. The number of methoxy groups -OCH3 is 1. The van der Waals surface area contributed by atoms with Gasteiger partial charge in [-0.1, -0.05) is 0 Å². The van der Waals surface area contributed by atoms with E-state index in [-0.39, 0.29) is 6.17 Å². The summed E-state index contributed by atoms with van der Waals surface area (Å²) in [7, 11) is 1.70. The molecule has 1 aliphatic heterocycles. The zero-order valence-corrected chi connectivity index (χ0v) is 9.44. The Morgan fingerprint density at radius 3 is 3.06 bits per heavy atom. The maximum Gasteiger partial charge on any atom is 0.120 e. The molecule has 3 nitrogen and oxygen atoms in total. The summed E-state index contributed by atoms with van der Waals surface area (Å²) in [5.41, 5.74) is 8.72. The maximum absolute atomic E-state index is 6.17. The predicted molar refractivity (Wildman–Crippen MR) is 64.7 cm³/mol. The van der Waals surface area contributed by atoms with Crippen LogP contribution in [0.25, 0.3) is 10.9 Å². The van der Waals surface area contributed by atoms with E-state index in [0.29, 0.717) is 0 Å². The van der Waals surface area contributed by atoms with Gasteiger partial charge in [0.25, 0.3) is 0 Å². The molecule has 0 bridgehead atoms. The van der Waals surface area contributed by atoms with Gasteiger partial charge >= 0.3 is 0 Å². The highest BCUT2D eigenvalue weighted by atomic mass is 16.5. The molecular weight excluding hydrogens is 200 g/mol. The van der Waals surface area contributed by atoms with Crippen LogP contribution in [0.2, 0.25) is 0 Å². The molecule has 0 saturated heterocycles. The fourth-order valence-electron chi connectivity index (χ4n) is 2.59. The van der Waals surface area contributed by atoms with Crippen molar-refractivity contribution >= 4 is 10.9 Å². The summed E-state index contributed by atoms with van der Waals surface area (Å²) in [6, 6.07) is 8.42. The normalized spacial score (nSPS) is 19.8. The van der Waals surface area contributed by atoms with Crippen LogP contribution in [0.3, 0.4) is 0 Å². The lowest BCUT2D eigenvalue weighted by atomic mass is 10.1. The average Bonchev–Trinajstić information content (AvgIpc) is 2.67. The maximum atomic E-state index is 6.17. The Labute approximate surface area is 94.8 Å². The lowest BCUT2D eigenvalue weighted by molar-refractivity contribution is 0.412. The van der Waals surface area contributed by atoms with Crippen molar-refractivity contribution in [2.24, 2.45) is 5.73 Å². The van der Waals surface area contributed by atoms with Crippen molar-refractivity contribution in [3.8, 4) is 5.75 Å². The minimum Gasteiger partial charge on any atom is -0.497 e. The Bertz CT molecular complexity index is 530. The summed E-state index contributed by atoms with van der Waals surface area (Å²) >= 11 is 0. The monoisotopic (exact) mass is 216 g/mol. The summed E-state index contributed by atoms with van der Waals surface area (Å²) in [6.07, 6.45) is 3.50. The van der Waals surface area contributed by atoms with Crippen LogP contribution in [0.5, 0.6) is 5.75 Å². The third-order valence-electron chi connectivity index (χ3n) is 3.39. The van der Waals surface area contributed by atoms with Crippen LogP contribution in [-0.2, 0) is 6.42 Å². The van der Waals surface area contributed by atoms with E-state index in [1.165, 1.54) is 23.0 Å². The van der Waals surface area contributed by atoms with E-state index in [1.807, 2.05) is 6.07 Å². The molecule has 2 heterocycles. The molecule has 0 aliphatic carbocycles. The lowest BCUT2D eigenvalue weighted by Gasteiger charge is -2.23. The SMILES string of the molecule is COc1ccc2cc3n(c2c1)C(N)CCC3. The largest absolute Gasteiger partial charge is 0.497 e. The van der Waals surface area contributed by atoms with Crippen molar-refractivity contribution in [2.75, 3.05) is 7.11 Å². The Morgan fingerprint density at radius 1 is 1.38 bits per heavy atom. The van der Waals surface area contributed by atoms with Crippen LogP contribution < -0.4 is 10.5 Å². The number of hydrogen-bond acceptors (Lipinski definition) is 2. The molecule has 0 amide bonds. The number of aromatic nitrogens is 1. The number of benzene rings is 1. The van der Waals surface area contributed by atoms with E-state index < -0.39 is 0 Å². The molecule has 1 aromatic carbocycles. The summed E-state index contributed by atoms with van der Waals surface area (Å²) < 4.78 is 7.52. The van der Waals surface area contributed by atoms with E-state index in [9.17, 15) is 0 Å². The fourth-order valence-corrected chi connectivity index (χ4v) is 2.59. The molecule has 1 atom stereocenters. The molecule has 1 unspecified atom stereocenters. The van der Waals surface area contributed by atoms with E-state index in [2.05, 4.69) is 22.8 Å². The predicted octanol–water partition coefficient (Wildman–Crippen LogP) is 2.44. The summed E-state index contributed by atoms with van der Waals surface area (Å²) in [5.74, 6) is 0.895. The fraction of sp³-hybridized carbons (Fsp3) is 0.385. The summed E-state index contributed by atoms with van der Waals surface area (Å²) in [5, 5.41) is 1.26. The van der Waals surface area contributed by atoms with E-state index in [1.54, 1.807) is 7.11 Å². The van der Waals surface area contributed by atoms with E-state index >= 15 is 0 Å². The van der Waals surface area contributed by atoms with Crippen LogP contribution in [0.4, 0.5) is 0 Å². The highest BCUT2D eigenvalue weighted by Gasteiger charge is 2.18. The van der Waals surface area contributed by atoms with Crippen LogP contribution >= 0.6 is 0 Å². The van der Waals surface area contributed by atoms with Crippen molar-refractivity contribution in [3.05, 3.63) is 30.0 Å². The highest BCUT2D eigenvalue weighted by molar-refractivity contribution is 5.83. The number of ether oxygens (including phenoxy) is 1. The van der Waals surface area contributed by atoms with Gasteiger partial charge in [0.05, 0.1) is 18.8 Å². The Hall–Kier alpha value is -1.48. The zero-order chi connectivity index (χ0) is 11.1. The van der Waals surface area contributed by atoms with Crippen LogP contribution in [0, 0.1) is 0 Å². The average molecular weight is 216 g/mol. The van der Waals surface area contributed by atoms with Gasteiger partial charge in [0.2, 0.25) is 0 Å². The Kier molecular flexibility index (Phi) is 2.14. The first-order valence-electron chi connectivity index (χ1n) is 5.73. The molecule has 3 heteroatoms. The van der Waals surface area contributed by atoms with Gasteiger partial charge in [0.1, 0.15) is 5.75 Å². The summed E-state index contributed by atoms with van der Waals surface area (Å²) in [6.45, 7) is 0. The van der Waals surface area contributed by atoms with Gasteiger partial charge in [0.15, 0.2) is 0 Å². The molecule has 1 aromatic heterocycles. The van der Waals surface area contributed by atoms with Gasteiger partial charge in [-0.3, -0.25) is 0 Å². The van der Waals surface area contributed by atoms with Gasteiger partial charge in [-0.25, -0.2) is 0 Å². The third kappa shape index (κ3) is 1.32. The van der Waals surface area contributed by atoms with Gasteiger partial charge in [-0.2, -0.15) is 0 Å². The standard InChI is InChI=1S/C13H16N2O/c1-16-11-6-5-9-7-10-3-2-4-13(14)15(10)12(9)8-11/h5-8,13H,2-4,14H2,1H3. The number of rotatable bonds is 1. The number of aryl methyl sites for hydroxylation is 1. The van der Waals surface area contributed by atoms with Crippen molar-refractivity contribution in [1.29, 1.82) is 0 Å². The zero-order valence-electron chi connectivity index (χ0n) is 9.44. The molecule has 0 fully saturated rings. The van der Waals surface area contributed by atoms with Crippen LogP contribution in [0.1, 0.15) is 24.7 Å². The summed E-state index contributed by atoms with van der Waals surface area (Å²) in [4.78, 5) is 0. The van der Waals surface area contributed by atoms with Gasteiger partial charge < -0.3 is 15.0 Å². The molecule has 16 heavy (non-hydrogen) atoms. The number of nitrogens with zero attached hydrogens (tertiary/aromatic N) is 1. The minimum absolute atomic E-state index is 0.119. The van der Waals surface area contributed by atoms with Gasteiger partial charge in [-0.05, 0) is 37.5 Å². The van der Waals surface area contributed by atoms with E-state index in [0.717, 1.165) is 18.6 Å². The number of fused-ring (bicyclic) bond motifs is 3. The first-order chi connectivity index (χ1) is 7.79. The van der Waals surface area contributed by atoms with Crippen molar-refractivity contribution < 1.29 is 4.74 Å². The third-order valence-corrected chi connectivity index (χ3v) is 3.39. The molecular formula is C13H16N2O. The van der Waals surface area contributed by atoms with Crippen molar-refractivity contribution in [2.45, 2.75) is 25.4 Å². The quantitative estimate of drug-likeness (QED) is 0.795. The number of hydrogen-bond donors (Lipinski definition) is 1. The molecule has 0 saturated carbocycles. The second-order valence-electron chi connectivity index (χ2n) is 4.39. The number of nitrogens with two attached hydrogens (primary N) is 1. The van der Waals surface area contributed by atoms with Gasteiger partial charge in [0, 0.05) is 17.1 Å². The van der Waals surface area contributed by atoms with E-state index in [4.69, 9.17) is 10.5 Å². The molecule has 2 N–H and O–H groups in total. The topological polar surface area (TPSA) is 40.2 Å². The molecule has 0 spiro atoms. The first-order valence-corrected chi connectivity index (χ1v) is 5.73. The lowest BCUT2D eigenvalue weighted by Crippen LogP contribution is -2.24. The molecule has 84 valence electrons. The van der Waals surface area contributed by atoms with Crippen molar-refractivity contribution in [3.63, 3.8) is 0 Å². The van der Waals surface area contributed by atoms with Crippen LogP contribution in [-0.4, -0.2) is 11.7 Å². The smallest absolute Gasteiger partial charge is 0.120 e. The van der Waals surface area contributed by atoms with Crippen LogP contribution in [0.15, 0.2) is 24.3 Å². The molecule has 1 aliphatic rings. The molecule has 0 radical (unpaired) electrons.